The van der Waals surface area contributed by atoms with Crippen molar-refractivity contribution < 1.29 is 19.0 Å². The molecule has 7 heteroatoms. The second kappa shape index (κ2) is 10.4. The van der Waals surface area contributed by atoms with Crippen molar-refractivity contribution in [3.8, 4) is 17.2 Å². The maximum absolute atomic E-state index is 12.3. The third-order valence-electron chi connectivity index (χ3n) is 4.53. The van der Waals surface area contributed by atoms with Gasteiger partial charge in [-0.25, -0.2) is 0 Å². The molecule has 1 rings (SSSR count). The molecule has 1 amide bonds. The van der Waals surface area contributed by atoms with Gasteiger partial charge in [0.2, 0.25) is 11.7 Å². The maximum atomic E-state index is 12.3. The maximum Gasteiger partial charge on any atom is 0.220 e. The molecule has 1 unspecified atom stereocenters. The lowest BCUT2D eigenvalue weighted by atomic mass is 9.88. The molecule has 0 aliphatic carbocycles. The first kappa shape index (κ1) is 23.3. The van der Waals surface area contributed by atoms with E-state index >= 15 is 0 Å². The minimum absolute atomic E-state index is 0. The van der Waals surface area contributed by atoms with E-state index in [0.717, 1.165) is 5.56 Å². The van der Waals surface area contributed by atoms with E-state index in [4.69, 9.17) is 19.9 Å². The van der Waals surface area contributed by atoms with Crippen LogP contribution in [0.25, 0.3) is 0 Å². The number of nitrogens with one attached hydrogen (secondary N) is 1. The molecule has 0 aliphatic rings. The van der Waals surface area contributed by atoms with E-state index in [2.05, 4.69) is 5.32 Å². The normalized spacial score (nSPS) is 12.8. The summed E-state index contributed by atoms with van der Waals surface area (Å²) in [5, 5.41) is 3.04. The van der Waals surface area contributed by atoms with Crippen molar-refractivity contribution >= 4 is 18.3 Å². The third kappa shape index (κ3) is 5.68. The number of carbonyl (C=O) groups is 1. The highest BCUT2D eigenvalue weighted by molar-refractivity contribution is 5.85. The number of hydrogen-bond acceptors (Lipinski definition) is 5. The van der Waals surface area contributed by atoms with Crippen molar-refractivity contribution in [3.63, 3.8) is 0 Å². The van der Waals surface area contributed by atoms with E-state index in [0.29, 0.717) is 36.6 Å². The molecule has 0 spiro atoms. The van der Waals surface area contributed by atoms with Crippen LogP contribution in [0, 0.1) is 5.92 Å². The molecule has 0 heterocycles. The summed E-state index contributed by atoms with van der Waals surface area (Å²) < 4.78 is 16.1. The zero-order chi connectivity index (χ0) is 18.3. The van der Waals surface area contributed by atoms with E-state index in [9.17, 15) is 4.79 Å². The Hall–Kier alpha value is -1.66. The summed E-state index contributed by atoms with van der Waals surface area (Å²) in [5.74, 6) is 1.94. The number of nitrogens with two attached hydrogens (primary N) is 1. The number of aryl methyl sites for hydroxylation is 1. The fraction of sp³-hybridized carbons (Fsp3) is 0.611. The van der Waals surface area contributed by atoms with E-state index in [1.54, 1.807) is 21.3 Å². The zero-order valence-corrected chi connectivity index (χ0v) is 16.8. The van der Waals surface area contributed by atoms with Crippen molar-refractivity contribution in [2.75, 3.05) is 27.9 Å². The van der Waals surface area contributed by atoms with Gasteiger partial charge in [0.25, 0.3) is 0 Å². The predicted octanol–water partition coefficient (Wildman–Crippen LogP) is 2.56. The van der Waals surface area contributed by atoms with E-state index in [1.807, 2.05) is 32.9 Å². The van der Waals surface area contributed by atoms with Gasteiger partial charge < -0.3 is 25.3 Å². The lowest BCUT2D eigenvalue weighted by Gasteiger charge is -2.33. The Bertz CT molecular complexity index is 566. The second-order valence-electron chi connectivity index (χ2n) is 6.32. The van der Waals surface area contributed by atoms with E-state index in [-0.39, 0.29) is 24.2 Å². The number of halogens is 1. The lowest BCUT2D eigenvalue weighted by molar-refractivity contribution is -0.123. The fourth-order valence-electron chi connectivity index (χ4n) is 2.42. The monoisotopic (exact) mass is 374 g/mol. The molecule has 1 aromatic carbocycles. The summed E-state index contributed by atoms with van der Waals surface area (Å²) in [6.45, 7) is 6.46. The number of amides is 1. The molecule has 0 fully saturated rings. The minimum atomic E-state index is -0.404. The quantitative estimate of drug-likeness (QED) is 0.694. The number of ether oxygens (including phenoxy) is 3. The molecule has 1 atom stereocenters. The van der Waals surface area contributed by atoms with Gasteiger partial charge in [-0.15, -0.1) is 12.4 Å². The molecule has 1 aromatic rings. The van der Waals surface area contributed by atoms with Gasteiger partial charge in [0.15, 0.2) is 11.5 Å². The molecule has 6 nitrogen and oxygen atoms in total. The standard InChI is InChI=1S/C18H30N2O4.ClH/c1-12(2)18(3,11-19)20-15(21)10-8-13-7-9-14(22-4)17(24-6)16(13)23-5;/h7,9,12H,8,10-11,19H2,1-6H3,(H,20,21);1H. The summed E-state index contributed by atoms with van der Waals surface area (Å²) in [5.41, 5.74) is 6.30. The van der Waals surface area contributed by atoms with Crippen molar-refractivity contribution in [2.45, 2.75) is 39.2 Å². The largest absolute Gasteiger partial charge is 0.493 e. The van der Waals surface area contributed by atoms with Crippen LogP contribution in [0.15, 0.2) is 12.1 Å². The van der Waals surface area contributed by atoms with Gasteiger partial charge in [0.05, 0.1) is 26.9 Å². The average Bonchev–Trinajstić information content (AvgIpc) is 2.58. The van der Waals surface area contributed by atoms with Crippen LogP contribution in [0.5, 0.6) is 17.2 Å². The summed E-state index contributed by atoms with van der Waals surface area (Å²) in [6.07, 6.45) is 0.877. The highest BCUT2D eigenvalue weighted by Crippen LogP contribution is 2.40. The van der Waals surface area contributed by atoms with Crippen molar-refractivity contribution in [1.82, 2.24) is 5.32 Å². The van der Waals surface area contributed by atoms with Crippen LogP contribution in [0.3, 0.4) is 0 Å². The summed E-state index contributed by atoms with van der Waals surface area (Å²) in [6, 6.07) is 3.70. The summed E-state index contributed by atoms with van der Waals surface area (Å²) >= 11 is 0. The van der Waals surface area contributed by atoms with Gasteiger partial charge in [0, 0.05) is 13.0 Å². The van der Waals surface area contributed by atoms with Crippen LogP contribution < -0.4 is 25.3 Å². The van der Waals surface area contributed by atoms with Crippen LogP contribution in [0.2, 0.25) is 0 Å². The van der Waals surface area contributed by atoms with Crippen LogP contribution in [0.4, 0.5) is 0 Å². The Morgan fingerprint density at radius 2 is 1.76 bits per heavy atom. The molecule has 0 aliphatic heterocycles. The van der Waals surface area contributed by atoms with Gasteiger partial charge >= 0.3 is 0 Å². The predicted molar refractivity (Wildman–Crippen MR) is 102 cm³/mol. The first-order chi connectivity index (χ1) is 11.3. The SMILES string of the molecule is COc1ccc(CCC(=O)NC(C)(CN)C(C)C)c(OC)c1OC.Cl. The molecule has 0 saturated heterocycles. The van der Waals surface area contributed by atoms with Gasteiger partial charge in [-0.2, -0.15) is 0 Å². The van der Waals surface area contributed by atoms with Crippen molar-refractivity contribution in [2.24, 2.45) is 11.7 Å². The van der Waals surface area contributed by atoms with Crippen LogP contribution in [0.1, 0.15) is 32.8 Å². The van der Waals surface area contributed by atoms with Crippen LogP contribution in [-0.2, 0) is 11.2 Å². The fourth-order valence-corrected chi connectivity index (χ4v) is 2.42. The van der Waals surface area contributed by atoms with Gasteiger partial charge in [0.1, 0.15) is 0 Å². The van der Waals surface area contributed by atoms with Gasteiger partial charge in [-0.05, 0) is 30.9 Å². The van der Waals surface area contributed by atoms with Crippen molar-refractivity contribution in [3.05, 3.63) is 17.7 Å². The molecule has 144 valence electrons. The van der Waals surface area contributed by atoms with E-state index in [1.165, 1.54) is 0 Å². The van der Waals surface area contributed by atoms with E-state index < -0.39 is 5.54 Å². The zero-order valence-electron chi connectivity index (χ0n) is 16.0. The number of rotatable bonds is 9. The Kier molecular flexibility index (Phi) is 9.67. The first-order valence-corrected chi connectivity index (χ1v) is 8.11. The highest BCUT2D eigenvalue weighted by atomic mass is 35.5. The molecule has 0 radical (unpaired) electrons. The number of carbonyl (C=O) groups excluding carboxylic acids is 1. The molecule has 3 N–H and O–H groups in total. The molecule has 0 bridgehead atoms. The Labute approximate surface area is 156 Å². The Balaban J connectivity index is 0.00000576. The molecular formula is C18H31ClN2O4. The summed E-state index contributed by atoms with van der Waals surface area (Å²) in [7, 11) is 4.71. The third-order valence-corrected chi connectivity index (χ3v) is 4.53. The topological polar surface area (TPSA) is 82.8 Å². The van der Waals surface area contributed by atoms with Crippen LogP contribution >= 0.6 is 12.4 Å². The first-order valence-electron chi connectivity index (χ1n) is 8.11. The molecule has 0 saturated carbocycles. The van der Waals surface area contributed by atoms with Crippen molar-refractivity contribution in [1.29, 1.82) is 0 Å². The van der Waals surface area contributed by atoms with Gasteiger partial charge in [-0.1, -0.05) is 19.9 Å². The molecule has 0 aromatic heterocycles. The molecule has 25 heavy (non-hydrogen) atoms. The average molecular weight is 375 g/mol. The Morgan fingerprint density at radius 3 is 2.20 bits per heavy atom. The lowest BCUT2D eigenvalue weighted by Crippen LogP contribution is -2.55. The smallest absolute Gasteiger partial charge is 0.220 e. The number of benzene rings is 1. The summed E-state index contributed by atoms with van der Waals surface area (Å²) in [4.78, 5) is 12.3. The number of hydrogen-bond donors (Lipinski definition) is 2. The second-order valence-corrected chi connectivity index (χ2v) is 6.32. The Morgan fingerprint density at radius 1 is 1.16 bits per heavy atom. The molecular weight excluding hydrogens is 344 g/mol. The number of methoxy groups -OCH3 is 3. The minimum Gasteiger partial charge on any atom is -0.493 e. The van der Waals surface area contributed by atoms with Gasteiger partial charge in [-0.3, -0.25) is 4.79 Å². The van der Waals surface area contributed by atoms with Crippen LogP contribution in [-0.4, -0.2) is 39.3 Å². The highest BCUT2D eigenvalue weighted by Gasteiger charge is 2.28.